The Kier molecular flexibility index (Phi) is 18.2. The van der Waals surface area contributed by atoms with Gasteiger partial charge in [-0.05, 0) is 45.7 Å². The fraction of sp³-hybridized carbons (Fsp3) is 0.952. The predicted molar refractivity (Wildman–Crippen MR) is 111 cm³/mol. The normalized spacial score (nSPS) is 14.8. The molecule has 162 valence electrons. The van der Waals surface area contributed by atoms with Gasteiger partial charge in [-0.15, -0.1) is 0 Å². The van der Waals surface area contributed by atoms with Crippen LogP contribution in [0.3, 0.4) is 0 Å². The van der Waals surface area contributed by atoms with Gasteiger partial charge in [-0.25, -0.2) is 0 Å². The van der Waals surface area contributed by atoms with Gasteiger partial charge in [0.25, 0.3) is 0 Å². The minimum absolute atomic E-state index is 0.0573. The third-order valence-corrected chi connectivity index (χ3v) is 4.90. The average Bonchev–Trinajstić information content (AvgIpc) is 2.63. The molecule has 0 heterocycles. The highest BCUT2D eigenvalue weighted by Gasteiger charge is 2.14. The molecule has 0 fully saturated rings. The molecule has 3 atom stereocenters. The lowest BCUT2D eigenvalue weighted by Crippen LogP contribution is -2.30. The molecule has 6 heteroatoms. The minimum Gasteiger partial charge on any atom is -0.480 e. The number of nitrogens with one attached hydrogen (secondary N) is 1. The van der Waals surface area contributed by atoms with Crippen molar-refractivity contribution >= 4 is 5.97 Å². The highest BCUT2D eigenvalue weighted by atomic mass is 16.5. The molecule has 2 unspecified atom stereocenters. The topological polar surface area (TPSA) is 105 Å². The summed E-state index contributed by atoms with van der Waals surface area (Å²) in [5, 5.41) is 21.9. The molecular weight excluding hydrogens is 344 g/mol. The summed E-state index contributed by atoms with van der Waals surface area (Å²) in [7, 11) is 0. The van der Waals surface area contributed by atoms with Crippen molar-refractivity contribution < 1.29 is 19.7 Å². The molecule has 0 bridgehead atoms. The maximum atomic E-state index is 10.6. The van der Waals surface area contributed by atoms with E-state index in [4.69, 9.17) is 15.6 Å². The van der Waals surface area contributed by atoms with Crippen LogP contribution in [0.25, 0.3) is 0 Å². The summed E-state index contributed by atoms with van der Waals surface area (Å²) in [4.78, 5) is 10.6. The molecule has 0 saturated carbocycles. The molecule has 27 heavy (non-hydrogen) atoms. The highest BCUT2D eigenvalue weighted by molar-refractivity contribution is 5.72. The van der Waals surface area contributed by atoms with E-state index >= 15 is 0 Å². The van der Waals surface area contributed by atoms with Crippen LogP contribution in [0.15, 0.2) is 0 Å². The van der Waals surface area contributed by atoms with Gasteiger partial charge >= 0.3 is 5.97 Å². The van der Waals surface area contributed by atoms with E-state index in [2.05, 4.69) is 12.2 Å². The third-order valence-electron chi connectivity index (χ3n) is 4.90. The summed E-state index contributed by atoms with van der Waals surface area (Å²) in [6, 6.07) is -0.743. The first kappa shape index (κ1) is 26.3. The van der Waals surface area contributed by atoms with Crippen LogP contribution in [0.1, 0.15) is 90.9 Å². The molecule has 0 rings (SSSR count). The number of nitrogens with two attached hydrogens (primary N) is 1. The van der Waals surface area contributed by atoms with Gasteiger partial charge in [-0.2, -0.15) is 0 Å². The number of hydrogen-bond donors (Lipinski definition) is 4. The number of carboxylic acid groups (broad SMARTS) is 1. The van der Waals surface area contributed by atoms with Crippen molar-refractivity contribution in [3.05, 3.63) is 0 Å². The summed E-state index contributed by atoms with van der Waals surface area (Å²) in [6.45, 7) is 6.44. The van der Waals surface area contributed by atoms with E-state index in [0.717, 1.165) is 45.2 Å². The van der Waals surface area contributed by atoms with Crippen molar-refractivity contribution in [3.63, 3.8) is 0 Å². The maximum absolute atomic E-state index is 10.6. The molecule has 0 aromatic rings. The molecule has 0 spiro atoms. The van der Waals surface area contributed by atoms with Crippen molar-refractivity contribution in [1.82, 2.24) is 5.32 Å². The van der Waals surface area contributed by atoms with Crippen LogP contribution in [0.5, 0.6) is 0 Å². The zero-order chi connectivity index (χ0) is 20.3. The second-order valence-electron chi connectivity index (χ2n) is 7.60. The Morgan fingerprint density at radius 1 is 0.963 bits per heavy atom. The Balaban J connectivity index is 3.52. The monoisotopic (exact) mass is 388 g/mol. The van der Waals surface area contributed by atoms with Crippen LogP contribution >= 0.6 is 0 Å². The van der Waals surface area contributed by atoms with Crippen molar-refractivity contribution in [3.8, 4) is 0 Å². The van der Waals surface area contributed by atoms with Crippen molar-refractivity contribution in [2.24, 2.45) is 5.73 Å². The van der Waals surface area contributed by atoms with E-state index in [1.807, 2.05) is 6.92 Å². The summed E-state index contributed by atoms with van der Waals surface area (Å²) in [5.41, 5.74) is 5.46. The summed E-state index contributed by atoms with van der Waals surface area (Å²) in [5.74, 6) is -0.927. The number of unbranched alkanes of at least 4 members (excludes halogenated alkanes) is 7. The highest BCUT2D eigenvalue weighted by Crippen LogP contribution is 2.13. The van der Waals surface area contributed by atoms with Crippen molar-refractivity contribution in [2.75, 3.05) is 19.7 Å². The van der Waals surface area contributed by atoms with Gasteiger partial charge in [-0.1, -0.05) is 58.3 Å². The minimum atomic E-state index is -0.927. The van der Waals surface area contributed by atoms with E-state index < -0.39 is 18.1 Å². The number of aliphatic hydroxyl groups is 1. The Bertz CT molecular complexity index is 340. The van der Waals surface area contributed by atoms with E-state index in [1.165, 1.54) is 38.5 Å². The molecule has 0 aliphatic rings. The molecule has 0 radical (unpaired) electrons. The Morgan fingerprint density at radius 2 is 1.56 bits per heavy atom. The van der Waals surface area contributed by atoms with E-state index in [1.54, 1.807) is 0 Å². The van der Waals surface area contributed by atoms with E-state index in [9.17, 15) is 9.90 Å². The van der Waals surface area contributed by atoms with Gasteiger partial charge in [-0.3, -0.25) is 4.79 Å². The first-order chi connectivity index (χ1) is 13.0. The maximum Gasteiger partial charge on any atom is 0.320 e. The van der Waals surface area contributed by atoms with E-state index in [0.29, 0.717) is 13.0 Å². The van der Waals surface area contributed by atoms with Crippen molar-refractivity contribution in [1.29, 1.82) is 0 Å². The largest absolute Gasteiger partial charge is 0.480 e. The van der Waals surface area contributed by atoms with Crippen molar-refractivity contribution in [2.45, 2.75) is 109 Å². The van der Waals surface area contributed by atoms with Gasteiger partial charge in [0, 0.05) is 6.61 Å². The Labute approximate surface area is 166 Å². The molecule has 5 N–H and O–H groups in total. The Morgan fingerprint density at radius 3 is 2.19 bits per heavy atom. The second-order valence-corrected chi connectivity index (χ2v) is 7.60. The standard InChI is InChI=1S/C21H44N2O4/c1-3-4-5-6-7-8-9-14-20(18(2)24)27-17-12-16-23-15-11-10-13-19(22)21(25)26/h18-20,23-24H,3-17,22H2,1-2H3,(H,25,26)/t18?,19-,20?/m0/s1. The fourth-order valence-electron chi connectivity index (χ4n) is 3.06. The SMILES string of the molecule is CCCCCCCCCC(OCCCNCCCC[C@H](N)C(=O)O)C(C)O. The van der Waals surface area contributed by atoms with Gasteiger partial charge < -0.3 is 26.0 Å². The molecule has 0 aliphatic heterocycles. The number of aliphatic carboxylic acids is 1. The Hall–Kier alpha value is -0.690. The smallest absolute Gasteiger partial charge is 0.320 e. The van der Waals surface area contributed by atoms with Crippen LogP contribution in [-0.2, 0) is 9.53 Å². The molecule has 0 aliphatic carbocycles. The van der Waals surface area contributed by atoms with Gasteiger partial charge in [0.1, 0.15) is 6.04 Å². The first-order valence-corrected chi connectivity index (χ1v) is 11.0. The molecular formula is C21H44N2O4. The third kappa shape index (κ3) is 17.2. The number of hydrogen-bond acceptors (Lipinski definition) is 5. The number of carbonyl (C=O) groups is 1. The van der Waals surface area contributed by atoms with Gasteiger partial charge in [0.2, 0.25) is 0 Å². The second kappa shape index (κ2) is 18.7. The fourth-order valence-corrected chi connectivity index (χ4v) is 3.06. The van der Waals surface area contributed by atoms with Gasteiger partial charge in [0.15, 0.2) is 0 Å². The van der Waals surface area contributed by atoms with Crippen LogP contribution in [0, 0.1) is 0 Å². The molecule has 0 aromatic heterocycles. The summed E-state index contributed by atoms with van der Waals surface area (Å²) >= 11 is 0. The first-order valence-electron chi connectivity index (χ1n) is 11.0. The summed E-state index contributed by atoms with van der Waals surface area (Å²) in [6.07, 6.45) is 12.6. The van der Waals surface area contributed by atoms with Crippen LogP contribution in [0.2, 0.25) is 0 Å². The van der Waals surface area contributed by atoms with Crippen LogP contribution < -0.4 is 11.1 Å². The van der Waals surface area contributed by atoms with Crippen LogP contribution in [-0.4, -0.2) is 54.1 Å². The lowest BCUT2D eigenvalue weighted by molar-refractivity contribution is -0.138. The van der Waals surface area contributed by atoms with Crippen LogP contribution in [0.4, 0.5) is 0 Å². The quantitative estimate of drug-likeness (QED) is 0.238. The summed E-state index contributed by atoms with van der Waals surface area (Å²) < 4.78 is 5.86. The number of aliphatic hydroxyl groups excluding tert-OH is 1. The lowest BCUT2D eigenvalue weighted by Gasteiger charge is -2.20. The molecule has 0 amide bonds. The number of carboxylic acids is 1. The molecule has 6 nitrogen and oxygen atoms in total. The van der Waals surface area contributed by atoms with Gasteiger partial charge in [0.05, 0.1) is 12.2 Å². The number of rotatable bonds is 20. The number of ether oxygens (including phenoxy) is 1. The average molecular weight is 389 g/mol. The zero-order valence-electron chi connectivity index (χ0n) is 17.6. The zero-order valence-corrected chi connectivity index (χ0v) is 17.6. The molecule has 0 saturated heterocycles. The lowest BCUT2D eigenvalue weighted by atomic mass is 10.0. The molecule has 0 aromatic carbocycles. The van der Waals surface area contributed by atoms with E-state index in [-0.39, 0.29) is 6.10 Å². The predicted octanol–water partition coefficient (Wildman–Crippen LogP) is 3.46.